The number of phosphoric ester groups is 2. The van der Waals surface area contributed by atoms with Crippen molar-refractivity contribution < 1.29 is 80.2 Å². The molecule has 5 atom stereocenters. The van der Waals surface area contributed by atoms with Gasteiger partial charge in [0, 0.05) is 25.7 Å². The maximum Gasteiger partial charge on any atom is 0.472 e. The zero-order valence-electron chi connectivity index (χ0n) is 29.1. The number of hydrogen-bond donors (Lipinski definition) is 3. The van der Waals surface area contributed by atoms with Gasteiger partial charge >= 0.3 is 39.5 Å². The molecule has 0 amide bonds. The topological polar surface area (TPSA) is 237 Å². The number of carbonyl (C=O) groups is 4. The summed E-state index contributed by atoms with van der Waals surface area (Å²) in [6, 6.07) is 0. The molecule has 0 aromatic carbocycles. The summed E-state index contributed by atoms with van der Waals surface area (Å²) in [5, 5.41) is 10.1. The molecule has 288 valence electrons. The van der Waals surface area contributed by atoms with Crippen molar-refractivity contribution in [3.8, 4) is 0 Å². The quantitative estimate of drug-likeness (QED) is 0.0377. The highest BCUT2D eigenvalue weighted by atomic mass is 31.2. The molecule has 0 saturated carbocycles. The summed E-state index contributed by atoms with van der Waals surface area (Å²) in [6.45, 7) is 3.52. The zero-order valence-corrected chi connectivity index (χ0v) is 30.9. The van der Waals surface area contributed by atoms with Gasteiger partial charge in [-0.3, -0.25) is 37.3 Å². The molecule has 0 saturated heterocycles. The first kappa shape index (κ1) is 47.1. The molecule has 0 aliphatic carbocycles. The summed E-state index contributed by atoms with van der Waals surface area (Å²) in [5.41, 5.74) is 0. The van der Waals surface area contributed by atoms with Crippen molar-refractivity contribution in [3.63, 3.8) is 0 Å². The highest BCUT2D eigenvalue weighted by Crippen LogP contribution is 2.45. The summed E-state index contributed by atoms with van der Waals surface area (Å²) in [6.07, 6.45) is 2.74. The highest BCUT2D eigenvalue weighted by molar-refractivity contribution is 7.47. The van der Waals surface area contributed by atoms with E-state index in [4.69, 9.17) is 37.0 Å². The van der Waals surface area contributed by atoms with Crippen LogP contribution in [0.4, 0.5) is 0 Å². The molecule has 0 fully saturated rings. The third-order valence-electron chi connectivity index (χ3n) is 6.32. The number of aliphatic hydroxyl groups excluding tert-OH is 1. The van der Waals surface area contributed by atoms with E-state index in [2.05, 4.69) is 0 Å². The van der Waals surface area contributed by atoms with E-state index >= 15 is 0 Å². The number of phosphoric acid groups is 2. The third-order valence-corrected chi connectivity index (χ3v) is 8.22. The van der Waals surface area contributed by atoms with Gasteiger partial charge in [-0.1, -0.05) is 59.8 Å². The fourth-order valence-electron chi connectivity index (χ4n) is 3.62. The number of aliphatic hydroxyl groups is 1. The molecular formula is C30H56O17P2. The molecule has 2 unspecified atom stereocenters. The minimum Gasteiger partial charge on any atom is -0.462 e. The summed E-state index contributed by atoms with van der Waals surface area (Å²) in [7, 11) is -9.74. The van der Waals surface area contributed by atoms with E-state index in [0.717, 1.165) is 32.1 Å². The SMILES string of the molecule is CCCCCCC(=O)OC[C@H](COP(=O)(O)OC[C@H](O)COP(=O)(O)OC[C@@H](COC(=O)CCC)OC(=O)CCCC)OC(=O)CCCC. The lowest BCUT2D eigenvalue weighted by molar-refractivity contribution is -0.161. The molecule has 0 radical (unpaired) electrons. The lowest BCUT2D eigenvalue weighted by Crippen LogP contribution is -2.30. The molecular weight excluding hydrogens is 694 g/mol. The molecule has 19 heteroatoms. The van der Waals surface area contributed by atoms with E-state index in [-0.39, 0.29) is 25.7 Å². The Kier molecular flexibility index (Phi) is 26.6. The minimum absolute atomic E-state index is 0.0746. The van der Waals surface area contributed by atoms with E-state index in [1.165, 1.54) is 0 Å². The van der Waals surface area contributed by atoms with Crippen molar-refractivity contribution in [2.75, 3.05) is 39.6 Å². The Morgan fingerprint density at radius 2 is 0.878 bits per heavy atom. The lowest BCUT2D eigenvalue weighted by atomic mass is 10.2. The average molecular weight is 751 g/mol. The second-order valence-corrected chi connectivity index (χ2v) is 14.0. The molecule has 0 spiro atoms. The number of rotatable bonds is 31. The van der Waals surface area contributed by atoms with Crippen molar-refractivity contribution in [1.29, 1.82) is 0 Å². The van der Waals surface area contributed by atoms with E-state index in [0.29, 0.717) is 25.7 Å². The Bertz CT molecular complexity index is 1040. The van der Waals surface area contributed by atoms with Gasteiger partial charge in [0.2, 0.25) is 0 Å². The fourth-order valence-corrected chi connectivity index (χ4v) is 5.20. The van der Waals surface area contributed by atoms with E-state index < -0.39 is 97.5 Å². The van der Waals surface area contributed by atoms with Crippen molar-refractivity contribution >= 4 is 39.5 Å². The Morgan fingerprint density at radius 3 is 1.29 bits per heavy atom. The van der Waals surface area contributed by atoms with Crippen LogP contribution in [-0.2, 0) is 65.4 Å². The first-order chi connectivity index (χ1) is 23.2. The fraction of sp³-hybridized carbons (Fsp3) is 0.867. The summed E-state index contributed by atoms with van der Waals surface area (Å²) in [5.74, 6) is -2.33. The van der Waals surface area contributed by atoms with E-state index in [1.807, 2.05) is 20.8 Å². The van der Waals surface area contributed by atoms with Crippen molar-refractivity contribution in [2.24, 2.45) is 0 Å². The first-order valence-electron chi connectivity index (χ1n) is 16.8. The molecule has 0 heterocycles. The summed E-state index contributed by atoms with van der Waals surface area (Å²) < 4.78 is 64.5. The molecule has 3 N–H and O–H groups in total. The average Bonchev–Trinajstić information content (AvgIpc) is 3.05. The number of esters is 4. The van der Waals surface area contributed by atoms with Crippen LogP contribution >= 0.6 is 15.6 Å². The van der Waals surface area contributed by atoms with Crippen molar-refractivity contribution in [3.05, 3.63) is 0 Å². The van der Waals surface area contributed by atoms with Gasteiger partial charge in [-0.25, -0.2) is 9.13 Å². The van der Waals surface area contributed by atoms with Gasteiger partial charge in [0.15, 0.2) is 12.2 Å². The Labute approximate surface area is 288 Å². The van der Waals surface area contributed by atoms with E-state index in [9.17, 15) is 43.2 Å². The minimum atomic E-state index is -4.87. The monoisotopic (exact) mass is 750 g/mol. The van der Waals surface area contributed by atoms with Gasteiger partial charge in [-0.15, -0.1) is 0 Å². The summed E-state index contributed by atoms with van der Waals surface area (Å²) in [4.78, 5) is 68.0. The Balaban J connectivity index is 4.93. The van der Waals surface area contributed by atoms with Crippen LogP contribution in [-0.4, -0.2) is 96.7 Å². The molecule has 0 aromatic rings. The van der Waals surface area contributed by atoms with Crippen LogP contribution in [0.25, 0.3) is 0 Å². The Hall–Kier alpha value is -1.94. The largest absolute Gasteiger partial charge is 0.472 e. The maximum atomic E-state index is 12.4. The number of carbonyl (C=O) groups excluding carboxylic acids is 4. The van der Waals surface area contributed by atoms with Gasteiger partial charge in [0.25, 0.3) is 0 Å². The van der Waals surface area contributed by atoms with Gasteiger partial charge in [-0.2, -0.15) is 0 Å². The lowest BCUT2D eigenvalue weighted by Gasteiger charge is -2.21. The maximum absolute atomic E-state index is 12.4. The molecule has 0 aliphatic heterocycles. The summed E-state index contributed by atoms with van der Waals surface area (Å²) >= 11 is 0. The zero-order chi connectivity index (χ0) is 37.1. The second-order valence-electron chi connectivity index (χ2n) is 11.1. The van der Waals surface area contributed by atoms with Crippen LogP contribution < -0.4 is 0 Å². The van der Waals surface area contributed by atoms with Gasteiger partial charge in [-0.05, 0) is 25.7 Å². The van der Waals surface area contributed by atoms with Gasteiger partial charge < -0.3 is 33.8 Å². The van der Waals surface area contributed by atoms with E-state index in [1.54, 1.807) is 6.92 Å². The van der Waals surface area contributed by atoms with Crippen LogP contribution in [0.5, 0.6) is 0 Å². The second kappa shape index (κ2) is 27.7. The molecule has 49 heavy (non-hydrogen) atoms. The van der Waals surface area contributed by atoms with Gasteiger partial charge in [0.05, 0.1) is 26.4 Å². The van der Waals surface area contributed by atoms with Crippen LogP contribution in [0.2, 0.25) is 0 Å². The number of ether oxygens (including phenoxy) is 4. The molecule has 0 aromatic heterocycles. The van der Waals surface area contributed by atoms with Gasteiger partial charge in [0.1, 0.15) is 19.3 Å². The number of unbranched alkanes of at least 4 members (excludes halogenated alkanes) is 5. The predicted molar refractivity (Wildman–Crippen MR) is 174 cm³/mol. The normalized spacial score (nSPS) is 15.7. The molecule has 0 aliphatic rings. The predicted octanol–water partition coefficient (Wildman–Crippen LogP) is 4.68. The molecule has 0 bridgehead atoms. The van der Waals surface area contributed by atoms with Crippen LogP contribution in [0, 0.1) is 0 Å². The first-order valence-corrected chi connectivity index (χ1v) is 19.8. The van der Waals surface area contributed by atoms with Crippen molar-refractivity contribution in [1.82, 2.24) is 0 Å². The van der Waals surface area contributed by atoms with Crippen LogP contribution in [0.1, 0.15) is 111 Å². The van der Waals surface area contributed by atoms with Crippen LogP contribution in [0.15, 0.2) is 0 Å². The Morgan fingerprint density at radius 1 is 0.490 bits per heavy atom. The molecule has 17 nitrogen and oxygen atoms in total. The molecule has 0 rings (SSSR count). The number of hydrogen-bond acceptors (Lipinski definition) is 15. The van der Waals surface area contributed by atoms with Crippen LogP contribution in [0.3, 0.4) is 0 Å². The third kappa shape index (κ3) is 27.5. The van der Waals surface area contributed by atoms with Crippen molar-refractivity contribution in [2.45, 2.75) is 129 Å². The standard InChI is InChI=1S/C30H56O17P2/c1-5-9-12-13-17-28(33)41-21-26(47-30(35)16-11-7-3)23-45-49(38,39)43-19-24(31)18-42-48(36,37)44-22-25(20-40-27(32)14-8-4)46-29(34)15-10-6-2/h24-26,31H,5-23H2,1-4H3,(H,36,37)(H,38,39)/t24-,25-,26-/m1/s1. The highest BCUT2D eigenvalue weighted by Gasteiger charge is 2.30. The smallest absolute Gasteiger partial charge is 0.462 e.